The van der Waals surface area contributed by atoms with Crippen LogP contribution in [-0.4, -0.2) is 35.8 Å². The van der Waals surface area contributed by atoms with Crippen molar-refractivity contribution in [1.82, 2.24) is 10.2 Å². The van der Waals surface area contributed by atoms with Crippen LogP contribution in [0.5, 0.6) is 0 Å². The van der Waals surface area contributed by atoms with E-state index in [0.29, 0.717) is 24.2 Å². The summed E-state index contributed by atoms with van der Waals surface area (Å²) in [6.07, 6.45) is 6.03. The molecule has 0 saturated carbocycles. The maximum absolute atomic E-state index is 13.7. The molecule has 1 heterocycles. The molecule has 216 valence electrons. The highest BCUT2D eigenvalue weighted by Gasteiger charge is 2.54. The third-order valence-corrected chi connectivity index (χ3v) is 7.71. The number of hydrogen-bond acceptors (Lipinski definition) is 4. The summed E-state index contributed by atoms with van der Waals surface area (Å²) in [7, 11) is 0. The number of benzene rings is 1. The standard InChI is InChI=1S/C30H41F3N2O4/c1-3-5-6-7-8-11-17-35-25-15-9-10-16-29(25,28(38)39-4-2)20-23(27(35)37)19-26(36)34-21-22-13-12-14-24(18-22)30(31,32)33/h12-15,18,23H,3-11,16-17,19-21H2,1-2H3,(H,34,36)/t23-,29+/m1/s1. The lowest BCUT2D eigenvalue weighted by Gasteiger charge is -2.48. The van der Waals surface area contributed by atoms with Gasteiger partial charge in [0.2, 0.25) is 11.8 Å². The van der Waals surface area contributed by atoms with Gasteiger partial charge in [-0.15, -0.1) is 0 Å². The van der Waals surface area contributed by atoms with Crippen LogP contribution in [0.3, 0.4) is 0 Å². The number of halogens is 3. The monoisotopic (exact) mass is 550 g/mol. The van der Waals surface area contributed by atoms with E-state index in [1.54, 1.807) is 11.8 Å². The minimum atomic E-state index is -4.47. The highest BCUT2D eigenvalue weighted by molar-refractivity contribution is 5.92. The van der Waals surface area contributed by atoms with Crippen molar-refractivity contribution in [3.8, 4) is 0 Å². The highest BCUT2D eigenvalue weighted by atomic mass is 19.4. The Kier molecular flexibility index (Phi) is 11.0. The molecule has 1 aliphatic carbocycles. The normalized spacial score (nSPS) is 21.3. The first-order valence-electron chi connectivity index (χ1n) is 14.2. The van der Waals surface area contributed by atoms with Gasteiger partial charge in [-0.1, -0.05) is 57.2 Å². The summed E-state index contributed by atoms with van der Waals surface area (Å²) in [4.78, 5) is 41.6. The minimum absolute atomic E-state index is 0.0840. The Morgan fingerprint density at radius 3 is 2.59 bits per heavy atom. The van der Waals surface area contributed by atoms with Crippen LogP contribution in [0.4, 0.5) is 13.2 Å². The molecule has 1 aromatic rings. The third-order valence-electron chi connectivity index (χ3n) is 7.71. The summed E-state index contributed by atoms with van der Waals surface area (Å²) >= 11 is 0. The molecule has 1 saturated heterocycles. The van der Waals surface area contributed by atoms with Crippen molar-refractivity contribution in [2.45, 2.75) is 97.2 Å². The molecular formula is C30H41F3N2O4. The van der Waals surface area contributed by atoms with Crippen LogP contribution in [0.1, 0.15) is 95.6 Å². The van der Waals surface area contributed by atoms with E-state index in [4.69, 9.17) is 4.74 Å². The van der Waals surface area contributed by atoms with Gasteiger partial charge in [0, 0.05) is 31.1 Å². The fraction of sp³-hybridized carbons (Fsp3) is 0.633. The van der Waals surface area contributed by atoms with Crippen molar-refractivity contribution in [3.63, 3.8) is 0 Å². The van der Waals surface area contributed by atoms with E-state index in [0.717, 1.165) is 57.1 Å². The lowest BCUT2D eigenvalue weighted by molar-refractivity contribution is -0.162. The predicted molar refractivity (Wildman–Crippen MR) is 142 cm³/mol. The summed E-state index contributed by atoms with van der Waals surface area (Å²) in [6, 6.07) is 4.80. The average molecular weight is 551 g/mol. The molecule has 39 heavy (non-hydrogen) atoms. The van der Waals surface area contributed by atoms with Gasteiger partial charge < -0.3 is 15.0 Å². The summed E-state index contributed by atoms with van der Waals surface area (Å²) in [6.45, 7) is 4.54. The maximum Gasteiger partial charge on any atom is 0.416 e. The number of carbonyl (C=O) groups is 3. The minimum Gasteiger partial charge on any atom is -0.465 e. The number of piperidine rings is 1. The number of ether oxygens (including phenoxy) is 1. The molecule has 3 rings (SSSR count). The molecule has 2 atom stereocenters. The van der Waals surface area contributed by atoms with E-state index in [1.165, 1.54) is 18.6 Å². The zero-order valence-corrected chi connectivity index (χ0v) is 23.1. The van der Waals surface area contributed by atoms with Gasteiger partial charge in [-0.2, -0.15) is 13.2 Å². The van der Waals surface area contributed by atoms with Crippen LogP contribution in [-0.2, 0) is 31.8 Å². The molecular weight excluding hydrogens is 509 g/mol. The van der Waals surface area contributed by atoms with Crippen LogP contribution in [0.15, 0.2) is 36.0 Å². The van der Waals surface area contributed by atoms with Gasteiger partial charge in [0.25, 0.3) is 0 Å². The molecule has 0 radical (unpaired) electrons. The molecule has 0 aromatic heterocycles. The molecule has 2 aliphatic rings. The van der Waals surface area contributed by atoms with E-state index < -0.39 is 29.0 Å². The number of carbonyl (C=O) groups excluding carboxylic acids is 3. The number of unbranched alkanes of at least 4 members (excludes halogenated alkanes) is 5. The number of nitrogens with zero attached hydrogens (tertiary/aromatic N) is 1. The van der Waals surface area contributed by atoms with Crippen molar-refractivity contribution in [2.24, 2.45) is 11.3 Å². The lowest BCUT2D eigenvalue weighted by Crippen LogP contribution is -2.54. The zero-order valence-electron chi connectivity index (χ0n) is 23.1. The number of fused-ring (bicyclic) bond motifs is 1. The van der Waals surface area contributed by atoms with Crippen LogP contribution in [0.25, 0.3) is 0 Å². The Labute approximate surface area is 229 Å². The number of esters is 1. The van der Waals surface area contributed by atoms with E-state index in [-0.39, 0.29) is 37.9 Å². The molecule has 0 unspecified atom stereocenters. The van der Waals surface area contributed by atoms with Crippen LogP contribution in [0, 0.1) is 11.3 Å². The van der Waals surface area contributed by atoms with Gasteiger partial charge in [0.1, 0.15) is 5.41 Å². The molecule has 1 aliphatic heterocycles. The first-order valence-corrected chi connectivity index (χ1v) is 14.2. The van der Waals surface area contributed by atoms with Crippen LogP contribution in [0.2, 0.25) is 0 Å². The summed E-state index contributed by atoms with van der Waals surface area (Å²) in [5.74, 6) is -1.68. The van der Waals surface area contributed by atoms with Gasteiger partial charge in [-0.25, -0.2) is 0 Å². The smallest absolute Gasteiger partial charge is 0.416 e. The number of hydrogen-bond donors (Lipinski definition) is 1. The van der Waals surface area contributed by atoms with E-state index >= 15 is 0 Å². The quantitative estimate of drug-likeness (QED) is 0.224. The van der Waals surface area contributed by atoms with Gasteiger partial charge in [0.05, 0.1) is 12.2 Å². The molecule has 2 amide bonds. The summed E-state index contributed by atoms with van der Waals surface area (Å²) < 4.78 is 44.6. The lowest BCUT2D eigenvalue weighted by atomic mass is 9.66. The Balaban J connectivity index is 1.74. The fourth-order valence-electron chi connectivity index (χ4n) is 5.74. The predicted octanol–water partition coefficient (Wildman–Crippen LogP) is 6.54. The van der Waals surface area contributed by atoms with Crippen LogP contribution < -0.4 is 5.32 Å². The average Bonchev–Trinajstić information content (AvgIpc) is 2.91. The summed E-state index contributed by atoms with van der Waals surface area (Å²) in [5.41, 5.74) is -0.712. The number of allylic oxidation sites excluding steroid dienone is 1. The molecule has 6 nitrogen and oxygen atoms in total. The highest BCUT2D eigenvalue weighted by Crippen LogP contribution is 2.50. The van der Waals surface area contributed by atoms with E-state index in [2.05, 4.69) is 12.2 Å². The number of likely N-dealkylation sites (tertiary alicyclic amines) is 1. The second-order valence-corrected chi connectivity index (χ2v) is 10.6. The van der Waals surface area contributed by atoms with E-state index in [1.807, 2.05) is 6.08 Å². The number of alkyl halides is 3. The zero-order chi connectivity index (χ0) is 28.5. The first kappa shape index (κ1) is 30.7. The molecule has 9 heteroatoms. The van der Waals surface area contributed by atoms with Crippen molar-refractivity contribution in [3.05, 3.63) is 47.2 Å². The van der Waals surface area contributed by atoms with Crippen molar-refractivity contribution in [2.75, 3.05) is 13.2 Å². The molecule has 1 aromatic carbocycles. The fourth-order valence-corrected chi connectivity index (χ4v) is 5.74. The molecule has 1 fully saturated rings. The first-order chi connectivity index (χ1) is 18.6. The number of nitrogens with one attached hydrogen (secondary N) is 1. The van der Waals surface area contributed by atoms with Crippen molar-refractivity contribution >= 4 is 17.8 Å². The second kappa shape index (κ2) is 14.0. The maximum atomic E-state index is 13.7. The largest absolute Gasteiger partial charge is 0.465 e. The molecule has 0 spiro atoms. The van der Waals surface area contributed by atoms with E-state index in [9.17, 15) is 27.6 Å². The van der Waals surface area contributed by atoms with Crippen LogP contribution >= 0.6 is 0 Å². The van der Waals surface area contributed by atoms with Crippen molar-refractivity contribution in [1.29, 1.82) is 0 Å². The van der Waals surface area contributed by atoms with Gasteiger partial charge in [0.15, 0.2) is 0 Å². The Morgan fingerprint density at radius 1 is 1.13 bits per heavy atom. The third kappa shape index (κ3) is 7.85. The molecule has 0 bridgehead atoms. The number of rotatable bonds is 13. The Hall–Kier alpha value is -2.84. The van der Waals surface area contributed by atoms with Gasteiger partial charge in [-0.3, -0.25) is 14.4 Å². The number of amides is 2. The Bertz CT molecular complexity index is 1040. The second-order valence-electron chi connectivity index (χ2n) is 10.6. The van der Waals surface area contributed by atoms with Gasteiger partial charge in [-0.05, 0) is 56.7 Å². The van der Waals surface area contributed by atoms with Gasteiger partial charge >= 0.3 is 12.1 Å². The summed E-state index contributed by atoms with van der Waals surface area (Å²) in [5, 5.41) is 2.66. The molecule has 1 N–H and O–H groups in total. The Morgan fingerprint density at radius 2 is 1.87 bits per heavy atom. The SMILES string of the molecule is CCCCCCCCN1C(=O)[C@H](CC(=O)NCc2cccc(C(F)(F)F)c2)C[C@@]2(C(=O)OCC)CCCC=C12. The van der Waals surface area contributed by atoms with Crippen molar-refractivity contribution < 1.29 is 32.3 Å². The topological polar surface area (TPSA) is 75.7 Å².